The van der Waals surface area contributed by atoms with Crippen molar-refractivity contribution in [3.05, 3.63) is 77.3 Å². The zero-order valence-corrected chi connectivity index (χ0v) is 23.8. The van der Waals surface area contributed by atoms with Gasteiger partial charge in [-0.05, 0) is 66.8 Å². The van der Waals surface area contributed by atoms with Gasteiger partial charge in [0.25, 0.3) is 0 Å². The lowest BCUT2D eigenvalue weighted by atomic mass is 9.93. The van der Waals surface area contributed by atoms with Crippen LogP contribution in [-0.4, -0.2) is 58.3 Å². The largest absolute Gasteiger partial charge is 0.493 e. The van der Waals surface area contributed by atoms with E-state index < -0.39 is 0 Å². The van der Waals surface area contributed by atoms with Crippen molar-refractivity contribution in [2.24, 2.45) is 11.7 Å². The van der Waals surface area contributed by atoms with Gasteiger partial charge in [0, 0.05) is 80.9 Å². The summed E-state index contributed by atoms with van der Waals surface area (Å²) in [5, 5.41) is 9.42. The van der Waals surface area contributed by atoms with Crippen LogP contribution in [0.25, 0.3) is 17.2 Å². The molecule has 0 bridgehead atoms. The maximum absolute atomic E-state index is 13.4. The van der Waals surface area contributed by atoms with Crippen molar-refractivity contribution in [3.63, 3.8) is 0 Å². The number of allylic oxidation sites excluding steroid dienone is 1. The summed E-state index contributed by atoms with van der Waals surface area (Å²) >= 11 is 0. The maximum Gasteiger partial charge on any atom is 0.224 e. The van der Waals surface area contributed by atoms with Gasteiger partial charge >= 0.3 is 0 Å². The molecule has 1 aliphatic carbocycles. The van der Waals surface area contributed by atoms with Gasteiger partial charge in [0.1, 0.15) is 0 Å². The molecule has 5 rings (SSSR count). The van der Waals surface area contributed by atoms with Gasteiger partial charge in [0.2, 0.25) is 11.8 Å². The van der Waals surface area contributed by atoms with Crippen molar-refractivity contribution in [2.75, 3.05) is 26.8 Å². The Bertz CT molecular complexity index is 1310. The van der Waals surface area contributed by atoms with Gasteiger partial charge in [0.05, 0.1) is 0 Å². The van der Waals surface area contributed by atoms with Crippen LogP contribution in [0.15, 0.2) is 54.7 Å². The molecule has 3 N–H and O–H groups in total. The van der Waals surface area contributed by atoms with E-state index in [1.165, 1.54) is 17.0 Å². The molecule has 212 valence electrons. The van der Waals surface area contributed by atoms with Gasteiger partial charge in [-0.15, -0.1) is 0 Å². The number of aromatic hydroxyl groups is 1. The number of amides is 1. The Labute approximate surface area is 237 Å². The molecule has 1 fully saturated rings. The Hall–Kier alpha value is -3.42. The average Bonchev–Trinajstić information content (AvgIpc) is 3.31. The van der Waals surface area contributed by atoms with E-state index in [4.69, 9.17) is 10.5 Å². The number of benzene rings is 1. The highest BCUT2D eigenvalue weighted by Crippen LogP contribution is 2.34. The number of rotatable bonds is 10. The van der Waals surface area contributed by atoms with Gasteiger partial charge in [-0.1, -0.05) is 43.3 Å². The third kappa shape index (κ3) is 6.65. The summed E-state index contributed by atoms with van der Waals surface area (Å²) < 4.78 is 7.87. The second-order valence-corrected chi connectivity index (χ2v) is 11.5. The molecule has 2 aromatic heterocycles. The maximum atomic E-state index is 13.4. The number of carbonyl (C=O) groups excluding carboxylic acids is 1. The summed E-state index contributed by atoms with van der Waals surface area (Å²) in [6, 6.07) is 13.7. The monoisotopic (exact) mass is 542 g/mol. The van der Waals surface area contributed by atoms with E-state index in [0.717, 1.165) is 68.6 Å². The van der Waals surface area contributed by atoms with Crippen molar-refractivity contribution in [1.29, 1.82) is 0 Å². The first-order chi connectivity index (χ1) is 19.4. The summed E-state index contributed by atoms with van der Waals surface area (Å²) in [7, 11) is 1.76. The molecule has 2 unspecified atom stereocenters. The number of hydrogen-bond acceptors (Lipinski definition) is 5. The highest BCUT2D eigenvalue weighted by molar-refractivity contribution is 5.77. The summed E-state index contributed by atoms with van der Waals surface area (Å²) in [6.07, 6.45) is 11.4. The predicted molar refractivity (Wildman–Crippen MR) is 159 cm³/mol. The number of piperidine rings is 1. The number of fused-ring (bicyclic) bond motifs is 1. The molecule has 40 heavy (non-hydrogen) atoms. The fraction of sp³-hybridized carbons (Fsp3) is 0.455. The Balaban J connectivity index is 1.20. The van der Waals surface area contributed by atoms with E-state index in [-0.39, 0.29) is 17.8 Å². The Kier molecular flexibility index (Phi) is 9.02. The quantitative estimate of drug-likeness (QED) is 0.345. The minimum absolute atomic E-state index is 0.0120. The molecule has 1 aliphatic heterocycles. The second kappa shape index (κ2) is 12.8. The SMILES string of the molecule is COCCCn1c(C2CCCN(C(=O)C[C@H](N)Cc3ccc(-c4ccc(O)nc4)cc3)C2)cc2c1CC(C)C=C2. The van der Waals surface area contributed by atoms with E-state index in [1.54, 1.807) is 19.4 Å². The van der Waals surface area contributed by atoms with Crippen LogP contribution in [-0.2, 0) is 28.9 Å². The van der Waals surface area contributed by atoms with Crippen molar-refractivity contribution in [3.8, 4) is 17.0 Å². The zero-order valence-electron chi connectivity index (χ0n) is 23.8. The van der Waals surface area contributed by atoms with E-state index in [9.17, 15) is 9.90 Å². The van der Waals surface area contributed by atoms with Crippen LogP contribution in [0.3, 0.4) is 0 Å². The van der Waals surface area contributed by atoms with Crippen LogP contribution >= 0.6 is 0 Å². The lowest BCUT2D eigenvalue weighted by Crippen LogP contribution is -2.42. The topological polar surface area (TPSA) is 93.6 Å². The molecular weight excluding hydrogens is 500 g/mol. The number of likely N-dealkylation sites (tertiary alicyclic amines) is 1. The van der Waals surface area contributed by atoms with Gasteiger partial charge < -0.3 is 25.0 Å². The van der Waals surface area contributed by atoms with Crippen LogP contribution in [0.1, 0.15) is 61.0 Å². The lowest BCUT2D eigenvalue weighted by molar-refractivity contribution is -0.132. The summed E-state index contributed by atoms with van der Waals surface area (Å²) in [5.41, 5.74) is 13.7. The second-order valence-electron chi connectivity index (χ2n) is 11.5. The molecule has 7 nitrogen and oxygen atoms in total. The third-order valence-corrected chi connectivity index (χ3v) is 8.29. The van der Waals surface area contributed by atoms with Gasteiger partial charge in [-0.3, -0.25) is 4.79 Å². The number of aromatic nitrogens is 2. The molecule has 3 atom stereocenters. The van der Waals surface area contributed by atoms with Crippen molar-refractivity contribution in [2.45, 2.75) is 64.0 Å². The summed E-state index contributed by atoms with van der Waals surface area (Å²) in [4.78, 5) is 19.4. The molecule has 3 aromatic rings. The first-order valence-corrected chi connectivity index (χ1v) is 14.6. The van der Waals surface area contributed by atoms with Crippen LogP contribution in [0.4, 0.5) is 0 Å². The number of nitrogens with zero attached hydrogens (tertiary/aromatic N) is 3. The van der Waals surface area contributed by atoms with Crippen LogP contribution in [0, 0.1) is 5.92 Å². The van der Waals surface area contributed by atoms with Gasteiger partial charge in [-0.2, -0.15) is 0 Å². The molecule has 1 saturated heterocycles. The number of carbonyl (C=O) groups is 1. The van der Waals surface area contributed by atoms with Crippen LogP contribution in [0.5, 0.6) is 5.88 Å². The van der Waals surface area contributed by atoms with E-state index >= 15 is 0 Å². The van der Waals surface area contributed by atoms with E-state index in [0.29, 0.717) is 24.7 Å². The lowest BCUT2D eigenvalue weighted by Gasteiger charge is -2.34. The highest BCUT2D eigenvalue weighted by atomic mass is 16.5. The average molecular weight is 543 g/mol. The summed E-state index contributed by atoms with van der Waals surface area (Å²) in [5.74, 6) is 1.05. The minimum atomic E-state index is -0.231. The zero-order chi connectivity index (χ0) is 28.1. The first-order valence-electron chi connectivity index (χ1n) is 14.6. The number of methoxy groups -OCH3 is 1. The fourth-order valence-electron chi connectivity index (χ4n) is 6.18. The standard InChI is InChI=1S/C33H42N4O3/c1-23-6-9-26-19-31(37(30(26)17-23)15-4-16-40-2)28-5-3-14-36(22-28)33(39)20-29(34)18-24-7-10-25(11-8-24)27-12-13-32(38)35-21-27/h6-13,19,21,23,28-29H,3-5,14-18,20,22,34H2,1-2H3,(H,35,38)/t23?,28?,29-/m1/s1. The van der Waals surface area contributed by atoms with Gasteiger partial charge in [0.15, 0.2) is 0 Å². The molecule has 0 radical (unpaired) electrons. The number of nitrogens with two attached hydrogens (primary N) is 1. The minimum Gasteiger partial charge on any atom is -0.493 e. The number of pyridine rings is 1. The van der Waals surface area contributed by atoms with Crippen molar-refractivity contribution < 1.29 is 14.6 Å². The van der Waals surface area contributed by atoms with Crippen LogP contribution < -0.4 is 5.73 Å². The highest BCUT2D eigenvalue weighted by Gasteiger charge is 2.29. The molecule has 2 aliphatic rings. The molecule has 3 heterocycles. The summed E-state index contributed by atoms with van der Waals surface area (Å²) in [6.45, 7) is 5.54. The Morgan fingerprint density at radius 2 is 2.00 bits per heavy atom. The predicted octanol–water partition coefficient (Wildman–Crippen LogP) is 5.16. The first kappa shape index (κ1) is 28.1. The van der Waals surface area contributed by atoms with Crippen molar-refractivity contribution >= 4 is 12.0 Å². The Morgan fingerprint density at radius 3 is 2.75 bits per heavy atom. The number of ether oxygens (including phenoxy) is 1. The molecule has 0 spiro atoms. The normalized spacial score (nSPS) is 19.4. The molecule has 1 amide bonds. The third-order valence-electron chi connectivity index (χ3n) is 8.29. The number of hydrogen-bond donors (Lipinski definition) is 2. The Morgan fingerprint density at radius 1 is 1.20 bits per heavy atom. The van der Waals surface area contributed by atoms with E-state index in [1.807, 2.05) is 23.1 Å². The molecule has 1 aromatic carbocycles. The molecule has 0 saturated carbocycles. The molecule has 7 heteroatoms. The molecular formula is C33H42N4O3. The van der Waals surface area contributed by atoms with Crippen molar-refractivity contribution in [1.82, 2.24) is 14.5 Å². The van der Waals surface area contributed by atoms with Gasteiger partial charge in [-0.25, -0.2) is 4.98 Å². The van der Waals surface area contributed by atoms with E-state index in [2.05, 4.69) is 46.8 Å². The fourth-order valence-corrected chi connectivity index (χ4v) is 6.18. The smallest absolute Gasteiger partial charge is 0.224 e. The van der Waals surface area contributed by atoms with Crippen LogP contribution in [0.2, 0.25) is 0 Å².